The molecule has 1 saturated heterocycles. The fourth-order valence-corrected chi connectivity index (χ4v) is 3.06. The van der Waals surface area contributed by atoms with E-state index in [-0.39, 0.29) is 11.8 Å². The van der Waals surface area contributed by atoms with E-state index >= 15 is 0 Å². The quantitative estimate of drug-likeness (QED) is 0.825. The van der Waals surface area contributed by atoms with Gasteiger partial charge in [-0.1, -0.05) is 18.2 Å². The van der Waals surface area contributed by atoms with Crippen LogP contribution in [-0.4, -0.2) is 44.5 Å². The summed E-state index contributed by atoms with van der Waals surface area (Å²) in [5.41, 5.74) is 0.854. The molecule has 1 aromatic carbocycles. The van der Waals surface area contributed by atoms with E-state index in [1.807, 2.05) is 37.3 Å². The standard InChI is InChI=1S/C13H18N2O3S/c1-3-15(12-7-5-4-6-8-12)13(16)11-9-14(10-11)19(2,17)18/h4-8,11H,3,9-10H2,1-2H3. The first-order valence-electron chi connectivity index (χ1n) is 6.25. The monoisotopic (exact) mass is 282 g/mol. The maximum atomic E-state index is 12.3. The third-order valence-electron chi connectivity index (χ3n) is 3.32. The predicted molar refractivity (Wildman–Crippen MR) is 74.4 cm³/mol. The van der Waals surface area contributed by atoms with Gasteiger partial charge in [0.2, 0.25) is 15.9 Å². The smallest absolute Gasteiger partial charge is 0.232 e. The van der Waals surface area contributed by atoms with Crippen LogP contribution in [-0.2, 0) is 14.8 Å². The Morgan fingerprint density at radius 2 is 1.89 bits per heavy atom. The number of hydrogen-bond acceptors (Lipinski definition) is 3. The van der Waals surface area contributed by atoms with Crippen molar-refractivity contribution < 1.29 is 13.2 Å². The number of carbonyl (C=O) groups excluding carboxylic acids is 1. The number of para-hydroxylation sites is 1. The van der Waals surface area contributed by atoms with Crippen molar-refractivity contribution in [3.63, 3.8) is 0 Å². The Hall–Kier alpha value is -1.40. The van der Waals surface area contributed by atoms with Crippen molar-refractivity contribution in [2.45, 2.75) is 6.92 Å². The molecule has 0 radical (unpaired) electrons. The van der Waals surface area contributed by atoms with Gasteiger partial charge < -0.3 is 4.90 Å². The van der Waals surface area contributed by atoms with Gasteiger partial charge in [-0.15, -0.1) is 0 Å². The molecule has 0 spiro atoms. The fourth-order valence-electron chi connectivity index (χ4n) is 2.16. The molecule has 1 aromatic rings. The highest BCUT2D eigenvalue weighted by Crippen LogP contribution is 2.23. The molecule has 104 valence electrons. The molecule has 0 bridgehead atoms. The lowest BCUT2D eigenvalue weighted by Crippen LogP contribution is -2.56. The number of rotatable bonds is 4. The highest BCUT2D eigenvalue weighted by Gasteiger charge is 2.39. The first-order chi connectivity index (χ1) is 8.93. The second kappa shape index (κ2) is 5.30. The average molecular weight is 282 g/mol. The van der Waals surface area contributed by atoms with Gasteiger partial charge in [0, 0.05) is 25.3 Å². The minimum atomic E-state index is -3.17. The topological polar surface area (TPSA) is 57.7 Å². The second-order valence-electron chi connectivity index (χ2n) is 4.69. The van der Waals surface area contributed by atoms with Gasteiger partial charge in [0.25, 0.3) is 0 Å². The molecular formula is C13H18N2O3S. The van der Waals surface area contributed by atoms with Gasteiger partial charge in [0.1, 0.15) is 0 Å². The number of sulfonamides is 1. The Morgan fingerprint density at radius 3 is 2.37 bits per heavy atom. The minimum absolute atomic E-state index is 0.00593. The summed E-state index contributed by atoms with van der Waals surface area (Å²) < 4.78 is 23.9. The minimum Gasteiger partial charge on any atom is -0.312 e. The molecule has 1 fully saturated rings. The molecule has 1 amide bonds. The van der Waals surface area contributed by atoms with Crippen LogP contribution in [0.4, 0.5) is 5.69 Å². The largest absolute Gasteiger partial charge is 0.312 e. The van der Waals surface area contributed by atoms with Crippen LogP contribution in [0.15, 0.2) is 30.3 Å². The van der Waals surface area contributed by atoms with Gasteiger partial charge in [-0.2, -0.15) is 0 Å². The molecule has 0 N–H and O–H groups in total. The Bertz CT molecular complexity index is 551. The lowest BCUT2D eigenvalue weighted by molar-refractivity contribution is -0.125. The summed E-state index contributed by atoms with van der Waals surface area (Å²) in [6.45, 7) is 3.08. The van der Waals surface area contributed by atoms with Crippen LogP contribution in [0, 0.1) is 5.92 Å². The maximum absolute atomic E-state index is 12.3. The van der Waals surface area contributed by atoms with Gasteiger partial charge >= 0.3 is 0 Å². The van der Waals surface area contributed by atoms with Crippen molar-refractivity contribution in [2.75, 3.05) is 30.8 Å². The number of benzene rings is 1. The zero-order chi connectivity index (χ0) is 14.0. The number of anilines is 1. The van der Waals surface area contributed by atoms with Crippen molar-refractivity contribution in [1.82, 2.24) is 4.31 Å². The summed E-state index contributed by atoms with van der Waals surface area (Å²) in [5.74, 6) is -0.233. The van der Waals surface area contributed by atoms with Crippen molar-refractivity contribution in [3.05, 3.63) is 30.3 Å². The molecule has 6 heteroatoms. The Morgan fingerprint density at radius 1 is 1.32 bits per heavy atom. The highest BCUT2D eigenvalue weighted by atomic mass is 32.2. The van der Waals surface area contributed by atoms with E-state index in [1.165, 1.54) is 10.6 Å². The summed E-state index contributed by atoms with van der Waals surface area (Å²) in [6, 6.07) is 9.43. The summed E-state index contributed by atoms with van der Waals surface area (Å²) >= 11 is 0. The Labute approximate surface area is 113 Å². The number of nitrogens with zero attached hydrogens (tertiary/aromatic N) is 2. The van der Waals surface area contributed by atoms with Gasteiger partial charge in [0.15, 0.2) is 0 Å². The molecule has 1 heterocycles. The van der Waals surface area contributed by atoms with Crippen LogP contribution in [0.2, 0.25) is 0 Å². The van der Waals surface area contributed by atoms with Crippen LogP contribution in [0.3, 0.4) is 0 Å². The third-order valence-corrected chi connectivity index (χ3v) is 4.55. The van der Waals surface area contributed by atoms with E-state index in [0.717, 1.165) is 5.69 Å². The van der Waals surface area contributed by atoms with Crippen LogP contribution >= 0.6 is 0 Å². The lowest BCUT2D eigenvalue weighted by Gasteiger charge is -2.38. The van der Waals surface area contributed by atoms with Gasteiger partial charge in [-0.3, -0.25) is 4.79 Å². The number of amides is 1. The van der Waals surface area contributed by atoms with Crippen LogP contribution in [0.25, 0.3) is 0 Å². The molecule has 0 aliphatic carbocycles. The first-order valence-corrected chi connectivity index (χ1v) is 8.10. The van der Waals surface area contributed by atoms with Gasteiger partial charge in [0.05, 0.1) is 12.2 Å². The van der Waals surface area contributed by atoms with E-state index in [4.69, 9.17) is 0 Å². The van der Waals surface area contributed by atoms with E-state index in [9.17, 15) is 13.2 Å². The molecule has 0 aromatic heterocycles. The van der Waals surface area contributed by atoms with Crippen molar-refractivity contribution >= 4 is 21.6 Å². The number of hydrogen-bond donors (Lipinski definition) is 0. The highest BCUT2D eigenvalue weighted by molar-refractivity contribution is 7.88. The lowest BCUT2D eigenvalue weighted by atomic mass is 10.0. The molecule has 2 rings (SSSR count). The summed E-state index contributed by atoms with van der Waals surface area (Å²) in [4.78, 5) is 14.0. The average Bonchev–Trinajstić information content (AvgIpc) is 2.27. The summed E-state index contributed by atoms with van der Waals surface area (Å²) in [6.07, 6.45) is 1.17. The van der Waals surface area contributed by atoms with E-state index in [1.54, 1.807) is 4.90 Å². The fraction of sp³-hybridized carbons (Fsp3) is 0.462. The van der Waals surface area contributed by atoms with Crippen LogP contribution in [0.5, 0.6) is 0 Å². The zero-order valence-corrected chi connectivity index (χ0v) is 11.9. The molecule has 0 saturated carbocycles. The third kappa shape index (κ3) is 2.96. The Kier molecular flexibility index (Phi) is 3.91. The predicted octanol–water partition coefficient (Wildman–Crippen LogP) is 0.931. The van der Waals surface area contributed by atoms with E-state index in [0.29, 0.717) is 19.6 Å². The van der Waals surface area contributed by atoms with Gasteiger partial charge in [-0.25, -0.2) is 12.7 Å². The van der Waals surface area contributed by atoms with Crippen molar-refractivity contribution in [3.8, 4) is 0 Å². The normalized spacial score (nSPS) is 16.9. The molecule has 5 nitrogen and oxygen atoms in total. The second-order valence-corrected chi connectivity index (χ2v) is 6.68. The molecule has 1 aliphatic rings. The zero-order valence-electron chi connectivity index (χ0n) is 11.1. The first kappa shape index (κ1) is 14.0. The molecular weight excluding hydrogens is 264 g/mol. The Balaban J connectivity index is 2.04. The molecule has 1 aliphatic heterocycles. The van der Waals surface area contributed by atoms with Gasteiger partial charge in [-0.05, 0) is 19.1 Å². The van der Waals surface area contributed by atoms with Crippen molar-refractivity contribution in [1.29, 1.82) is 0 Å². The molecule has 19 heavy (non-hydrogen) atoms. The van der Waals surface area contributed by atoms with E-state index < -0.39 is 10.0 Å². The summed E-state index contributed by atoms with van der Waals surface area (Å²) in [5, 5.41) is 0. The van der Waals surface area contributed by atoms with E-state index in [2.05, 4.69) is 0 Å². The van der Waals surface area contributed by atoms with Crippen LogP contribution < -0.4 is 4.90 Å². The molecule has 0 atom stereocenters. The SMILES string of the molecule is CCN(C(=O)C1CN(S(C)(=O)=O)C1)c1ccccc1. The van der Waals surface area contributed by atoms with Crippen LogP contribution in [0.1, 0.15) is 6.92 Å². The maximum Gasteiger partial charge on any atom is 0.232 e. The van der Waals surface area contributed by atoms with Crippen molar-refractivity contribution in [2.24, 2.45) is 5.92 Å². The summed E-state index contributed by atoms with van der Waals surface area (Å²) in [7, 11) is -3.17. The molecule has 0 unspecified atom stereocenters. The number of carbonyl (C=O) groups is 1.